The van der Waals surface area contributed by atoms with Gasteiger partial charge in [0, 0.05) is 31.5 Å². The van der Waals surface area contributed by atoms with Gasteiger partial charge in [0.1, 0.15) is 0 Å². The molecule has 1 N–H and O–H groups in total. The van der Waals surface area contributed by atoms with Crippen molar-refractivity contribution >= 4 is 0 Å². The van der Waals surface area contributed by atoms with Gasteiger partial charge in [0.15, 0.2) is 0 Å². The van der Waals surface area contributed by atoms with Crippen molar-refractivity contribution in [2.24, 2.45) is 5.41 Å². The molecule has 2 fully saturated rings. The lowest BCUT2D eigenvalue weighted by Crippen LogP contribution is -2.51. The molecule has 3 rings (SSSR count). The van der Waals surface area contributed by atoms with Crippen LogP contribution in [0.25, 0.3) is 0 Å². The Morgan fingerprint density at radius 2 is 2.26 bits per heavy atom. The van der Waals surface area contributed by atoms with Gasteiger partial charge < -0.3 is 5.32 Å². The van der Waals surface area contributed by atoms with E-state index in [2.05, 4.69) is 28.2 Å². The number of likely N-dealkylation sites (tertiary alicyclic amines) is 1. The minimum Gasteiger partial charge on any atom is -0.316 e. The maximum Gasteiger partial charge on any atom is 0.0335 e. The van der Waals surface area contributed by atoms with Crippen molar-refractivity contribution in [3.05, 3.63) is 30.1 Å². The number of aromatic nitrogens is 1. The van der Waals surface area contributed by atoms with Crippen LogP contribution in [-0.2, 0) is 0 Å². The molecule has 0 radical (unpaired) electrons. The molecule has 0 aliphatic carbocycles. The average Bonchev–Trinajstić information content (AvgIpc) is 2.48. The van der Waals surface area contributed by atoms with E-state index in [1.807, 2.05) is 18.5 Å². The molecule has 3 nitrogen and oxygen atoms in total. The second kappa shape index (κ2) is 5.59. The van der Waals surface area contributed by atoms with E-state index in [1.165, 1.54) is 57.4 Å². The topological polar surface area (TPSA) is 28.2 Å². The van der Waals surface area contributed by atoms with Crippen molar-refractivity contribution < 1.29 is 0 Å². The summed E-state index contributed by atoms with van der Waals surface area (Å²) >= 11 is 0. The van der Waals surface area contributed by atoms with E-state index in [1.54, 1.807) is 0 Å². The number of rotatable bonds is 2. The van der Waals surface area contributed by atoms with Crippen molar-refractivity contribution in [3.8, 4) is 0 Å². The second-order valence-electron chi connectivity index (χ2n) is 6.32. The Morgan fingerprint density at radius 1 is 1.37 bits per heavy atom. The summed E-state index contributed by atoms with van der Waals surface area (Å²) in [4.78, 5) is 6.93. The number of hydrogen-bond donors (Lipinski definition) is 1. The normalized spacial score (nSPS) is 30.4. The molecular weight excluding hydrogens is 234 g/mol. The lowest BCUT2D eigenvalue weighted by Gasteiger charge is -2.47. The fourth-order valence-corrected chi connectivity index (χ4v) is 3.79. The summed E-state index contributed by atoms with van der Waals surface area (Å²) in [5.41, 5.74) is 1.88. The lowest BCUT2D eigenvalue weighted by atomic mass is 9.74. The van der Waals surface area contributed by atoms with Gasteiger partial charge in [0.05, 0.1) is 0 Å². The van der Waals surface area contributed by atoms with Gasteiger partial charge in [-0.3, -0.25) is 9.88 Å². The Bertz CT molecular complexity index is 392. The molecule has 2 atom stereocenters. The molecule has 104 valence electrons. The van der Waals surface area contributed by atoms with Gasteiger partial charge in [-0.25, -0.2) is 0 Å². The van der Waals surface area contributed by atoms with Crippen LogP contribution in [0.2, 0.25) is 0 Å². The predicted molar refractivity (Wildman–Crippen MR) is 78.0 cm³/mol. The second-order valence-corrected chi connectivity index (χ2v) is 6.32. The Labute approximate surface area is 116 Å². The summed E-state index contributed by atoms with van der Waals surface area (Å²) in [6, 6.07) is 4.75. The first-order valence-corrected chi connectivity index (χ1v) is 7.64. The van der Waals surface area contributed by atoms with E-state index >= 15 is 0 Å². The van der Waals surface area contributed by atoms with E-state index in [9.17, 15) is 0 Å². The Hall–Kier alpha value is -0.930. The Balaban J connectivity index is 1.71. The third kappa shape index (κ3) is 2.82. The third-order valence-corrected chi connectivity index (χ3v) is 4.97. The first-order valence-electron chi connectivity index (χ1n) is 7.64. The number of nitrogens with zero attached hydrogens (tertiary/aromatic N) is 2. The zero-order valence-corrected chi connectivity index (χ0v) is 11.9. The molecule has 3 heteroatoms. The zero-order valence-electron chi connectivity index (χ0n) is 11.9. The molecule has 1 aromatic rings. The maximum atomic E-state index is 4.27. The minimum absolute atomic E-state index is 0.493. The number of piperidine rings is 2. The summed E-state index contributed by atoms with van der Waals surface area (Å²) < 4.78 is 0. The van der Waals surface area contributed by atoms with Gasteiger partial charge >= 0.3 is 0 Å². The van der Waals surface area contributed by atoms with E-state index in [4.69, 9.17) is 0 Å². The molecular formula is C16H25N3. The lowest BCUT2D eigenvalue weighted by molar-refractivity contribution is 0.0415. The van der Waals surface area contributed by atoms with E-state index in [0.29, 0.717) is 11.5 Å². The van der Waals surface area contributed by atoms with Crippen molar-refractivity contribution in [3.63, 3.8) is 0 Å². The zero-order chi connectivity index (χ0) is 13.1. The molecule has 3 heterocycles. The average molecular weight is 259 g/mol. The maximum absolute atomic E-state index is 4.27. The monoisotopic (exact) mass is 259 g/mol. The predicted octanol–water partition coefficient (Wildman–Crippen LogP) is 2.61. The quantitative estimate of drug-likeness (QED) is 0.885. The molecule has 19 heavy (non-hydrogen) atoms. The smallest absolute Gasteiger partial charge is 0.0335 e. The summed E-state index contributed by atoms with van der Waals surface area (Å²) in [7, 11) is 0. The summed E-state index contributed by atoms with van der Waals surface area (Å²) in [5, 5.41) is 3.61. The fourth-order valence-electron chi connectivity index (χ4n) is 3.79. The van der Waals surface area contributed by atoms with Crippen molar-refractivity contribution in [1.82, 2.24) is 15.2 Å². The summed E-state index contributed by atoms with van der Waals surface area (Å²) in [5.74, 6) is 0. The largest absolute Gasteiger partial charge is 0.316 e. The SMILES string of the molecule is CC(c1cccnc1)N1CCCC2(CCCNC2)C1. The third-order valence-electron chi connectivity index (χ3n) is 4.97. The molecule has 2 unspecified atom stereocenters. The highest BCUT2D eigenvalue weighted by molar-refractivity contribution is 5.13. The van der Waals surface area contributed by atoms with Gasteiger partial charge in [0.25, 0.3) is 0 Å². The van der Waals surface area contributed by atoms with Gasteiger partial charge in [-0.1, -0.05) is 6.07 Å². The van der Waals surface area contributed by atoms with Gasteiger partial charge in [-0.05, 0) is 62.7 Å². The van der Waals surface area contributed by atoms with Crippen LogP contribution < -0.4 is 5.32 Å². The number of hydrogen-bond acceptors (Lipinski definition) is 3. The molecule has 0 saturated carbocycles. The van der Waals surface area contributed by atoms with Crippen LogP contribution in [0.1, 0.15) is 44.2 Å². The molecule has 2 saturated heterocycles. The fraction of sp³-hybridized carbons (Fsp3) is 0.688. The van der Waals surface area contributed by atoms with Crippen LogP contribution in [0, 0.1) is 5.41 Å². The standard InChI is InChI=1S/C16H25N3/c1-14(15-5-2-8-17-11-15)19-10-4-7-16(13-19)6-3-9-18-12-16/h2,5,8,11,14,18H,3-4,6-7,9-10,12-13H2,1H3. The molecule has 0 bridgehead atoms. The highest BCUT2D eigenvalue weighted by atomic mass is 15.2. The highest BCUT2D eigenvalue weighted by Gasteiger charge is 2.37. The van der Waals surface area contributed by atoms with Crippen LogP contribution in [0.5, 0.6) is 0 Å². The summed E-state index contributed by atoms with van der Waals surface area (Å²) in [6.07, 6.45) is 9.36. The first-order chi connectivity index (χ1) is 9.29. The molecule has 2 aliphatic rings. The van der Waals surface area contributed by atoms with Gasteiger partial charge in [0.2, 0.25) is 0 Å². The van der Waals surface area contributed by atoms with Crippen LogP contribution in [0.4, 0.5) is 0 Å². The Morgan fingerprint density at radius 3 is 3.00 bits per heavy atom. The Kier molecular flexibility index (Phi) is 3.85. The van der Waals surface area contributed by atoms with Crippen molar-refractivity contribution in [2.45, 2.75) is 38.6 Å². The van der Waals surface area contributed by atoms with E-state index in [0.717, 1.165) is 0 Å². The molecule has 0 amide bonds. The van der Waals surface area contributed by atoms with Crippen LogP contribution in [-0.4, -0.2) is 36.1 Å². The molecule has 0 aromatic carbocycles. The van der Waals surface area contributed by atoms with Crippen LogP contribution >= 0.6 is 0 Å². The summed E-state index contributed by atoms with van der Waals surface area (Å²) in [6.45, 7) is 7.23. The number of nitrogens with one attached hydrogen (secondary N) is 1. The van der Waals surface area contributed by atoms with E-state index in [-0.39, 0.29) is 0 Å². The van der Waals surface area contributed by atoms with Crippen molar-refractivity contribution in [2.75, 3.05) is 26.2 Å². The minimum atomic E-state index is 0.493. The van der Waals surface area contributed by atoms with E-state index < -0.39 is 0 Å². The van der Waals surface area contributed by atoms with Gasteiger partial charge in [-0.2, -0.15) is 0 Å². The van der Waals surface area contributed by atoms with Crippen LogP contribution in [0.3, 0.4) is 0 Å². The first kappa shape index (κ1) is 13.1. The van der Waals surface area contributed by atoms with Gasteiger partial charge in [-0.15, -0.1) is 0 Å². The number of pyridine rings is 1. The van der Waals surface area contributed by atoms with Crippen LogP contribution in [0.15, 0.2) is 24.5 Å². The highest BCUT2D eigenvalue weighted by Crippen LogP contribution is 2.38. The van der Waals surface area contributed by atoms with Crippen molar-refractivity contribution in [1.29, 1.82) is 0 Å². The molecule has 1 aromatic heterocycles. The molecule has 1 spiro atoms. The molecule has 2 aliphatic heterocycles.